The van der Waals surface area contributed by atoms with E-state index in [1.807, 2.05) is 18.2 Å². The average Bonchev–Trinajstić information content (AvgIpc) is 3.17. The van der Waals surface area contributed by atoms with Crippen molar-refractivity contribution >= 4 is 16.5 Å². The Morgan fingerprint density at radius 1 is 1.38 bits per heavy atom. The number of aliphatic hydroxyl groups is 1. The van der Waals surface area contributed by atoms with E-state index >= 15 is 0 Å². The highest BCUT2D eigenvalue weighted by atomic mass is 32.1. The number of benzene rings is 1. The normalized spacial score (nSPS) is 25.8. The maximum absolute atomic E-state index is 10.2. The lowest BCUT2D eigenvalue weighted by molar-refractivity contribution is 0.0816. The molecular weight excluding hydrogens is 322 g/mol. The second-order valence-electron chi connectivity index (χ2n) is 6.92. The van der Waals surface area contributed by atoms with Crippen molar-refractivity contribution in [2.45, 2.75) is 26.2 Å². The highest BCUT2D eigenvalue weighted by molar-refractivity contribution is 7.15. The maximum atomic E-state index is 10.2. The van der Waals surface area contributed by atoms with Crippen molar-refractivity contribution < 1.29 is 9.84 Å². The second kappa shape index (κ2) is 6.33. The van der Waals surface area contributed by atoms with Crippen molar-refractivity contribution in [3.05, 3.63) is 34.8 Å². The molecule has 128 valence electrons. The van der Waals surface area contributed by atoms with Crippen molar-refractivity contribution in [2.24, 2.45) is 11.3 Å². The molecule has 4 rings (SSSR count). The van der Waals surface area contributed by atoms with Gasteiger partial charge in [0.25, 0.3) is 0 Å². The number of rotatable bonds is 4. The number of para-hydroxylation sites is 1. The van der Waals surface area contributed by atoms with Crippen LogP contribution in [0, 0.1) is 11.3 Å². The molecule has 2 aliphatic heterocycles. The van der Waals surface area contributed by atoms with Crippen molar-refractivity contribution in [1.29, 1.82) is 0 Å². The fourth-order valence-electron chi connectivity index (χ4n) is 3.89. The van der Waals surface area contributed by atoms with Crippen LogP contribution in [0.1, 0.15) is 23.9 Å². The Labute approximate surface area is 146 Å². The first kappa shape index (κ1) is 15.8. The highest BCUT2D eigenvalue weighted by Gasteiger charge is 2.49. The lowest BCUT2D eigenvalue weighted by Crippen LogP contribution is -2.37. The van der Waals surface area contributed by atoms with Crippen molar-refractivity contribution in [1.82, 2.24) is 10.2 Å². The fourth-order valence-corrected chi connectivity index (χ4v) is 4.84. The van der Waals surface area contributed by atoms with E-state index in [4.69, 9.17) is 4.74 Å². The molecule has 1 fully saturated rings. The number of nitrogens with zero attached hydrogens (tertiary/aromatic N) is 3. The molecule has 1 saturated heterocycles. The fraction of sp³-hybridized carbons (Fsp3) is 0.556. The van der Waals surface area contributed by atoms with Crippen LogP contribution in [0.15, 0.2) is 24.3 Å². The van der Waals surface area contributed by atoms with Crippen LogP contribution in [0.5, 0.6) is 5.75 Å². The predicted octanol–water partition coefficient (Wildman–Crippen LogP) is 2.54. The van der Waals surface area contributed by atoms with E-state index < -0.39 is 0 Å². The Kier molecular flexibility index (Phi) is 4.18. The number of anilines is 1. The van der Waals surface area contributed by atoms with Crippen LogP contribution in [0.3, 0.4) is 0 Å². The van der Waals surface area contributed by atoms with Gasteiger partial charge < -0.3 is 14.7 Å². The first-order chi connectivity index (χ1) is 11.7. The number of aromatic nitrogens is 2. The third-order valence-corrected chi connectivity index (χ3v) is 6.32. The Balaban J connectivity index is 1.60. The molecule has 2 atom stereocenters. The van der Waals surface area contributed by atoms with Gasteiger partial charge in [-0.1, -0.05) is 36.5 Å². The van der Waals surface area contributed by atoms with Crippen LogP contribution in [0.4, 0.5) is 5.13 Å². The molecule has 0 bridgehead atoms. The van der Waals surface area contributed by atoms with Crippen LogP contribution >= 0.6 is 11.3 Å². The molecule has 2 aliphatic rings. The van der Waals surface area contributed by atoms with Crippen LogP contribution in [-0.2, 0) is 12.8 Å². The van der Waals surface area contributed by atoms with Gasteiger partial charge in [0.05, 0.1) is 13.2 Å². The van der Waals surface area contributed by atoms with Crippen LogP contribution in [0.25, 0.3) is 0 Å². The molecule has 0 radical (unpaired) electrons. The molecule has 1 aromatic carbocycles. The first-order valence-corrected chi connectivity index (χ1v) is 9.44. The number of hydrogen-bond donors (Lipinski definition) is 1. The van der Waals surface area contributed by atoms with E-state index in [1.165, 1.54) is 5.56 Å². The molecular formula is C18H23N3O2S. The van der Waals surface area contributed by atoms with E-state index in [1.54, 1.807) is 11.3 Å². The molecule has 6 heteroatoms. The predicted molar refractivity (Wildman–Crippen MR) is 94.8 cm³/mol. The highest BCUT2D eigenvalue weighted by Crippen LogP contribution is 2.45. The molecule has 3 heterocycles. The minimum atomic E-state index is -0.163. The van der Waals surface area contributed by atoms with Gasteiger partial charge in [-0.25, -0.2) is 0 Å². The summed E-state index contributed by atoms with van der Waals surface area (Å²) in [5.74, 6) is 1.26. The summed E-state index contributed by atoms with van der Waals surface area (Å²) in [4.78, 5) is 2.29. The summed E-state index contributed by atoms with van der Waals surface area (Å²) in [5.41, 5.74) is 1.03. The Hall–Kier alpha value is -1.66. The number of aryl methyl sites for hydroxylation is 1. The minimum absolute atomic E-state index is 0.163. The molecule has 1 N–H and O–H groups in total. The van der Waals surface area contributed by atoms with Crippen molar-refractivity contribution in [3.63, 3.8) is 0 Å². The Morgan fingerprint density at radius 2 is 2.25 bits per heavy atom. The van der Waals surface area contributed by atoms with Crippen LogP contribution in [0.2, 0.25) is 0 Å². The number of aliphatic hydroxyl groups excluding tert-OH is 1. The summed E-state index contributed by atoms with van der Waals surface area (Å²) in [6.45, 7) is 4.66. The van der Waals surface area contributed by atoms with E-state index in [-0.39, 0.29) is 12.0 Å². The van der Waals surface area contributed by atoms with Crippen LogP contribution in [-0.4, -0.2) is 41.6 Å². The third kappa shape index (κ3) is 2.67. The zero-order valence-electron chi connectivity index (χ0n) is 13.9. The molecule has 24 heavy (non-hydrogen) atoms. The molecule has 0 amide bonds. The van der Waals surface area contributed by atoms with Gasteiger partial charge in [0.1, 0.15) is 10.8 Å². The van der Waals surface area contributed by atoms with Gasteiger partial charge in [-0.3, -0.25) is 0 Å². The van der Waals surface area contributed by atoms with E-state index in [0.29, 0.717) is 12.5 Å². The summed E-state index contributed by atoms with van der Waals surface area (Å²) in [7, 11) is 0. The van der Waals surface area contributed by atoms with Gasteiger partial charge in [0.2, 0.25) is 5.13 Å². The minimum Gasteiger partial charge on any atom is -0.493 e. The van der Waals surface area contributed by atoms with Gasteiger partial charge >= 0.3 is 0 Å². The van der Waals surface area contributed by atoms with Gasteiger partial charge in [-0.15, -0.1) is 10.2 Å². The second-order valence-corrected chi connectivity index (χ2v) is 7.96. The molecule has 0 unspecified atom stereocenters. The number of hydrogen-bond acceptors (Lipinski definition) is 6. The van der Waals surface area contributed by atoms with E-state index in [2.05, 4.69) is 28.1 Å². The monoisotopic (exact) mass is 345 g/mol. The SMILES string of the molecule is CCCc1nnc(N2C[C@H]3COc4ccccc4C[C@@]3(CO)C2)s1. The lowest BCUT2D eigenvalue weighted by Gasteiger charge is -2.30. The van der Waals surface area contributed by atoms with Gasteiger partial charge in [0, 0.05) is 30.8 Å². The molecule has 5 nitrogen and oxygen atoms in total. The topological polar surface area (TPSA) is 58.5 Å². The zero-order chi connectivity index (χ0) is 16.6. The molecule has 0 saturated carbocycles. The van der Waals surface area contributed by atoms with Gasteiger partial charge in [-0.05, 0) is 24.5 Å². The average molecular weight is 345 g/mol. The summed E-state index contributed by atoms with van der Waals surface area (Å²) >= 11 is 1.68. The molecule has 0 aliphatic carbocycles. The molecule has 2 aromatic rings. The van der Waals surface area contributed by atoms with Crippen LogP contribution < -0.4 is 9.64 Å². The quantitative estimate of drug-likeness (QED) is 0.923. The number of ether oxygens (including phenoxy) is 1. The molecule has 1 aromatic heterocycles. The van der Waals surface area contributed by atoms with Crippen molar-refractivity contribution in [3.8, 4) is 5.75 Å². The third-order valence-electron chi connectivity index (χ3n) is 5.27. The standard InChI is InChI=1S/C18H23N3O2S/c1-2-5-16-19-20-17(24-16)21-9-14-10-23-15-7-4-3-6-13(15)8-18(14,11-21)12-22/h3-4,6-7,14,22H,2,5,8-12H2,1H3/t14-,18-/m0/s1. The summed E-state index contributed by atoms with van der Waals surface area (Å²) < 4.78 is 6.05. The largest absolute Gasteiger partial charge is 0.493 e. The summed E-state index contributed by atoms with van der Waals surface area (Å²) in [5, 5.41) is 21.0. The first-order valence-electron chi connectivity index (χ1n) is 8.63. The summed E-state index contributed by atoms with van der Waals surface area (Å²) in [6, 6.07) is 8.19. The Morgan fingerprint density at radius 3 is 3.08 bits per heavy atom. The lowest BCUT2D eigenvalue weighted by atomic mass is 9.75. The number of fused-ring (bicyclic) bond motifs is 2. The van der Waals surface area contributed by atoms with E-state index in [9.17, 15) is 5.11 Å². The smallest absolute Gasteiger partial charge is 0.208 e. The van der Waals surface area contributed by atoms with Gasteiger partial charge in [-0.2, -0.15) is 0 Å². The summed E-state index contributed by atoms with van der Waals surface area (Å²) in [6.07, 6.45) is 2.92. The zero-order valence-corrected chi connectivity index (χ0v) is 14.8. The van der Waals surface area contributed by atoms with E-state index in [0.717, 1.165) is 48.2 Å². The van der Waals surface area contributed by atoms with Crippen molar-refractivity contribution in [2.75, 3.05) is 31.2 Å². The molecule has 0 spiro atoms. The van der Waals surface area contributed by atoms with Gasteiger partial charge in [0.15, 0.2) is 0 Å². The Bertz CT molecular complexity index is 720. The maximum Gasteiger partial charge on any atom is 0.208 e.